The molecule has 0 aliphatic heterocycles. The zero-order valence-corrected chi connectivity index (χ0v) is 15.3. The quantitative estimate of drug-likeness (QED) is 0.687. The van der Waals surface area contributed by atoms with Crippen LogP contribution in [0.25, 0.3) is 10.2 Å². The normalized spacial score (nSPS) is 11.7. The third kappa shape index (κ3) is 3.72. The number of benzene rings is 2. The summed E-state index contributed by atoms with van der Waals surface area (Å²) in [6.07, 6.45) is 0. The van der Waals surface area contributed by atoms with Crippen LogP contribution in [0.15, 0.2) is 51.8 Å². The predicted octanol–water partition coefficient (Wildman–Crippen LogP) is 4.01. The molecule has 2 aromatic carbocycles. The molecule has 1 heterocycles. The van der Waals surface area contributed by atoms with E-state index in [0.29, 0.717) is 11.7 Å². The second-order valence-electron chi connectivity index (χ2n) is 4.82. The third-order valence-electron chi connectivity index (χ3n) is 3.09. The standard InChI is InChI=1S/C15H13BrN2O3S2/c1-21-9-10-3-2-4-12(7-10)23(19,20)18-15-17-13-6-5-11(16)8-14(13)22-15/h2-8H,9H2,1H3,(H,17,18). The molecule has 1 N–H and O–H groups in total. The lowest BCUT2D eigenvalue weighted by Crippen LogP contribution is -2.13. The van der Waals surface area contributed by atoms with Gasteiger partial charge in [-0.15, -0.1) is 0 Å². The van der Waals surface area contributed by atoms with Crippen LogP contribution in [0.2, 0.25) is 0 Å². The Morgan fingerprint density at radius 1 is 1.26 bits per heavy atom. The van der Waals surface area contributed by atoms with Crippen LogP contribution >= 0.6 is 27.3 Å². The lowest BCUT2D eigenvalue weighted by molar-refractivity contribution is 0.184. The van der Waals surface area contributed by atoms with Gasteiger partial charge >= 0.3 is 0 Å². The minimum absolute atomic E-state index is 0.187. The minimum Gasteiger partial charge on any atom is -0.380 e. The molecule has 0 aliphatic rings. The SMILES string of the molecule is COCc1cccc(S(=O)(=O)Nc2nc3ccc(Br)cc3s2)c1. The van der Waals surface area contributed by atoms with Crippen LogP contribution in [0.3, 0.4) is 0 Å². The van der Waals surface area contributed by atoms with Gasteiger partial charge in [0.05, 0.1) is 21.7 Å². The van der Waals surface area contributed by atoms with E-state index in [1.54, 1.807) is 25.3 Å². The van der Waals surface area contributed by atoms with Crippen LogP contribution < -0.4 is 4.72 Å². The van der Waals surface area contributed by atoms with Crippen LogP contribution in [-0.2, 0) is 21.4 Å². The van der Waals surface area contributed by atoms with Gasteiger partial charge in [0.2, 0.25) is 0 Å². The summed E-state index contributed by atoms with van der Waals surface area (Å²) in [7, 11) is -2.11. The fraction of sp³-hybridized carbons (Fsp3) is 0.133. The van der Waals surface area contributed by atoms with Crippen molar-refractivity contribution >= 4 is 52.6 Å². The lowest BCUT2D eigenvalue weighted by atomic mass is 10.2. The molecule has 3 aromatic rings. The van der Waals surface area contributed by atoms with E-state index < -0.39 is 10.0 Å². The Morgan fingerprint density at radius 2 is 2.09 bits per heavy atom. The van der Waals surface area contributed by atoms with Gasteiger partial charge in [0.25, 0.3) is 10.0 Å². The molecule has 0 saturated heterocycles. The average Bonchev–Trinajstić information content (AvgIpc) is 2.88. The van der Waals surface area contributed by atoms with Crippen molar-refractivity contribution in [1.29, 1.82) is 0 Å². The van der Waals surface area contributed by atoms with Crippen molar-refractivity contribution in [3.8, 4) is 0 Å². The first-order valence-corrected chi connectivity index (χ1v) is 9.74. The Morgan fingerprint density at radius 3 is 2.87 bits per heavy atom. The summed E-state index contributed by atoms with van der Waals surface area (Å²) < 4.78 is 34.4. The summed E-state index contributed by atoms with van der Waals surface area (Å²) in [5.41, 5.74) is 1.55. The van der Waals surface area contributed by atoms with Gasteiger partial charge in [0.1, 0.15) is 0 Å². The first-order chi connectivity index (χ1) is 11.0. The molecule has 0 amide bonds. The molecule has 0 saturated carbocycles. The monoisotopic (exact) mass is 412 g/mol. The lowest BCUT2D eigenvalue weighted by Gasteiger charge is -2.07. The molecule has 120 valence electrons. The molecule has 5 nitrogen and oxygen atoms in total. The Balaban J connectivity index is 1.91. The number of halogens is 1. The highest BCUT2D eigenvalue weighted by atomic mass is 79.9. The van der Waals surface area contributed by atoms with E-state index >= 15 is 0 Å². The zero-order valence-electron chi connectivity index (χ0n) is 12.1. The first kappa shape index (κ1) is 16.4. The van der Waals surface area contributed by atoms with Gasteiger partial charge in [-0.2, -0.15) is 0 Å². The molecule has 0 aliphatic carbocycles. The second-order valence-corrected chi connectivity index (χ2v) is 8.45. The highest BCUT2D eigenvalue weighted by Gasteiger charge is 2.17. The summed E-state index contributed by atoms with van der Waals surface area (Å²) in [5.74, 6) is 0. The van der Waals surface area contributed by atoms with Gasteiger partial charge in [-0.05, 0) is 35.9 Å². The highest BCUT2D eigenvalue weighted by Crippen LogP contribution is 2.29. The van der Waals surface area contributed by atoms with Gasteiger partial charge < -0.3 is 4.74 Å². The molecule has 23 heavy (non-hydrogen) atoms. The molecule has 1 aromatic heterocycles. The third-order valence-corrected chi connectivity index (χ3v) is 5.98. The summed E-state index contributed by atoms with van der Waals surface area (Å²) in [4.78, 5) is 4.49. The summed E-state index contributed by atoms with van der Waals surface area (Å²) in [5, 5.41) is 0.343. The van der Waals surface area contributed by atoms with Crippen molar-refractivity contribution in [2.24, 2.45) is 0 Å². The van der Waals surface area contributed by atoms with Crippen molar-refractivity contribution in [2.75, 3.05) is 11.8 Å². The Labute approximate surface area is 146 Å². The molecule has 0 unspecified atom stereocenters. The van der Waals surface area contributed by atoms with Gasteiger partial charge in [0, 0.05) is 11.6 Å². The summed E-state index contributed by atoms with van der Waals surface area (Å²) in [6, 6.07) is 12.3. The van der Waals surface area contributed by atoms with E-state index in [1.165, 1.54) is 11.3 Å². The van der Waals surface area contributed by atoms with E-state index in [-0.39, 0.29) is 4.90 Å². The average molecular weight is 413 g/mol. The molecule has 0 fully saturated rings. The molecule has 8 heteroatoms. The maximum absolute atomic E-state index is 12.5. The maximum Gasteiger partial charge on any atom is 0.263 e. The van der Waals surface area contributed by atoms with Crippen LogP contribution in [0.4, 0.5) is 5.13 Å². The zero-order chi connectivity index (χ0) is 16.4. The van der Waals surface area contributed by atoms with Crippen molar-refractivity contribution in [3.05, 3.63) is 52.5 Å². The fourth-order valence-corrected chi connectivity index (χ4v) is 4.81. The van der Waals surface area contributed by atoms with Crippen molar-refractivity contribution < 1.29 is 13.2 Å². The number of thiazole rings is 1. The molecule has 0 atom stereocenters. The van der Waals surface area contributed by atoms with Gasteiger partial charge in [-0.25, -0.2) is 13.4 Å². The fourth-order valence-electron chi connectivity index (χ4n) is 2.09. The van der Waals surface area contributed by atoms with Crippen LogP contribution in [0.5, 0.6) is 0 Å². The van der Waals surface area contributed by atoms with Crippen LogP contribution in [-0.4, -0.2) is 20.5 Å². The summed E-state index contributed by atoms with van der Waals surface area (Å²) in [6.45, 7) is 0.360. The summed E-state index contributed by atoms with van der Waals surface area (Å²) >= 11 is 4.68. The van der Waals surface area contributed by atoms with Crippen molar-refractivity contribution in [3.63, 3.8) is 0 Å². The van der Waals surface area contributed by atoms with E-state index in [1.807, 2.05) is 24.3 Å². The van der Waals surface area contributed by atoms with Crippen molar-refractivity contribution in [1.82, 2.24) is 4.98 Å². The number of nitrogens with one attached hydrogen (secondary N) is 1. The number of nitrogens with zero attached hydrogens (tertiary/aromatic N) is 1. The number of rotatable bonds is 5. The van der Waals surface area contributed by atoms with Crippen LogP contribution in [0, 0.1) is 0 Å². The van der Waals surface area contributed by atoms with E-state index in [9.17, 15) is 8.42 Å². The molecule has 0 radical (unpaired) electrons. The smallest absolute Gasteiger partial charge is 0.263 e. The van der Waals surface area contributed by atoms with E-state index in [0.717, 1.165) is 20.3 Å². The number of aromatic nitrogens is 1. The second kappa shape index (κ2) is 6.56. The molecule has 0 bridgehead atoms. The van der Waals surface area contributed by atoms with E-state index in [2.05, 4.69) is 25.6 Å². The Kier molecular flexibility index (Phi) is 4.67. The van der Waals surface area contributed by atoms with Gasteiger partial charge in [0.15, 0.2) is 5.13 Å². The molecule has 0 spiro atoms. The topological polar surface area (TPSA) is 68.3 Å². The maximum atomic E-state index is 12.5. The van der Waals surface area contributed by atoms with Gasteiger partial charge in [-0.3, -0.25) is 4.72 Å². The van der Waals surface area contributed by atoms with Crippen LogP contribution in [0.1, 0.15) is 5.56 Å². The Bertz CT molecular complexity index is 954. The molecular weight excluding hydrogens is 400 g/mol. The number of fused-ring (bicyclic) bond motifs is 1. The molecule has 3 rings (SSSR count). The first-order valence-electron chi connectivity index (χ1n) is 6.65. The van der Waals surface area contributed by atoms with Gasteiger partial charge in [-0.1, -0.05) is 39.4 Å². The highest BCUT2D eigenvalue weighted by molar-refractivity contribution is 9.10. The number of hydrogen-bond acceptors (Lipinski definition) is 5. The largest absolute Gasteiger partial charge is 0.380 e. The number of sulfonamides is 1. The number of ether oxygens (including phenoxy) is 1. The number of hydrogen-bond donors (Lipinski definition) is 1. The number of methoxy groups -OCH3 is 1. The minimum atomic E-state index is -3.68. The Hall–Kier alpha value is -1.48. The van der Waals surface area contributed by atoms with Crippen molar-refractivity contribution in [2.45, 2.75) is 11.5 Å². The number of anilines is 1. The van der Waals surface area contributed by atoms with E-state index in [4.69, 9.17) is 4.74 Å². The molecular formula is C15H13BrN2O3S2. The predicted molar refractivity (Wildman–Crippen MR) is 95.3 cm³/mol.